The first-order valence-corrected chi connectivity index (χ1v) is 13.6. The van der Waals surface area contributed by atoms with E-state index >= 15 is 0 Å². The number of rotatable bonds is 5. The molecule has 2 N–H and O–H groups in total. The molecule has 1 saturated heterocycles. The quantitative estimate of drug-likeness (QED) is 0.341. The molecule has 1 aliphatic heterocycles. The molecule has 4 aromatic rings. The number of aromatic hydroxyl groups is 1. The smallest absolute Gasteiger partial charge is 0.407 e. The Morgan fingerprint density at radius 2 is 1.95 bits per heavy atom. The average molecular weight is 579 g/mol. The normalized spacial score (nSPS) is 15.5. The summed E-state index contributed by atoms with van der Waals surface area (Å²) in [7, 11) is 1.45. The number of para-hydroxylation sites is 1. The molecule has 1 atom stereocenters. The van der Waals surface area contributed by atoms with E-state index < -0.39 is 11.8 Å². The van der Waals surface area contributed by atoms with E-state index in [0.29, 0.717) is 34.7 Å². The van der Waals surface area contributed by atoms with Gasteiger partial charge in [0.2, 0.25) is 0 Å². The first-order valence-electron chi connectivity index (χ1n) is 13.2. The number of aromatic nitrogens is 4. The maximum Gasteiger partial charge on any atom is 0.407 e. The zero-order chi connectivity index (χ0) is 29.6. The number of hydrogen-bond acceptors (Lipinski definition) is 8. The van der Waals surface area contributed by atoms with Crippen LogP contribution in [0.25, 0.3) is 28.0 Å². The highest BCUT2D eigenvalue weighted by Gasteiger charge is 2.31. The second-order valence-corrected chi connectivity index (χ2v) is 10.8. The number of piperazine rings is 1. The lowest BCUT2D eigenvalue weighted by Crippen LogP contribution is -2.54. The molecule has 1 unspecified atom stereocenters. The van der Waals surface area contributed by atoms with E-state index in [4.69, 9.17) is 21.3 Å². The lowest BCUT2D eigenvalue weighted by molar-refractivity contribution is 0.136. The van der Waals surface area contributed by atoms with E-state index in [1.54, 1.807) is 30.5 Å². The predicted molar refractivity (Wildman–Crippen MR) is 157 cm³/mol. The van der Waals surface area contributed by atoms with Gasteiger partial charge in [-0.2, -0.15) is 4.98 Å². The number of pyridine rings is 2. The molecule has 0 bridgehead atoms. The molecule has 0 aliphatic carbocycles. The molecular weight excluding hydrogens is 548 g/mol. The summed E-state index contributed by atoms with van der Waals surface area (Å²) in [5.74, 6) is 0.474. The van der Waals surface area contributed by atoms with Crippen LogP contribution in [0.4, 0.5) is 10.6 Å². The number of amides is 1. The third-order valence-electron chi connectivity index (χ3n) is 7.37. The van der Waals surface area contributed by atoms with Gasteiger partial charge in [-0.05, 0) is 49.6 Å². The maximum absolute atomic E-state index is 14.0. The van der Waals surface area contributed by atoms with Crippen LogP contribution in [0.15, 0.2) is 41.3 Å². The fourth-order valence-corrected chi connectivity index (χ4v) is 5.58. The highest BCUT2D eigenvalue weighted by Crippen LogP contribution is 2.41. The van der Waals surface area contributed by atoms with Gasteiger partial charge in [0.1, 0.15) is 5.82 Å². The number of carboxylic acid groups (broad SMARTS) is 1. The van der Waals surface area contributed by atoms with E-state index in [-0.39, 0.29) is 52.9 Å². The fourth-order valence-electron chi connectivity index (χ4n) is 5.32. The van der Waals surface area contributed by atoms with Gasteiger partial charge in [-0.3, -0.25) is 4.98 Å². The van der Waals surface area contributed by atoms with Crippen LogP contribution >= 0.6 is 11.6 Å². The van der Waals surface area contributed by atoms with Crippen LogP contribution in [0.1, 0.15) is 37.9 Å². The number of nitrogens with zero attached hydrogens (tertiary/aromatic N) is 6. The Labute approximate surface area is 241 Å². The lowest BCUT2D eigenvalue weighted by atomic mass is 10.0. The van der Waals surface area contributed by atoms with Crippen molar-refractivity contribution < 1.29 is 19.7 Å². The summed E-state index contributed by atoms with van der Waals surface area (Å²) < 4.78 is 6.74. The van der Waals surface area contributed by atoms with E-state index in [0.717, 1.165) is 5.56 Å². The Balaban J connectivity index is 1.85. The molecule has 1 amide bonds. The summed E-state index contributed by atoms with van der Waals surface area (Å²) in [5.41, 5.74) is 2.42. The second kappa shape index (κ2) is 10.9. The molecule has 214 valence electrons. The van der Waals surface area contributed by atoms with Crippen LogP contribution in [-0.4, -0.2) is 73.5 Å². The van der Waals surface area contributed by atoms with Crippen molar-refractivity contribution >= 4 is 34.5 Å². The number of methoxy groups -OCH3 is 1. The number of ether oxygens (including phenoxy) is 1. The van der Waals surface area contributed by atoms with Crippen molar-refractivity contribution in [1.82, 2.24) is 24.4 Å². The average Bonchev–Trinajstić information content (AvgIpc) is 2.93. The summed E-state index contributed by atoms with van der Waals surface area (Å²) in [5, 5.41) is 21.2. The number of carbonyl (C=O) groups is 1. The van der Waals surface area contributed by atoms with Crippen LogP contribution in [0, 0.1) is 6.92 Å². The molecular formula is C29H31ClN6O5. The zero-order valence-corrected chi connectivity index (χ0v) is 24.2. The molecule has 0 saturated carbocycles. The van der Waals surface area contributed by atoms with Crippen molar-refractivity contribution in [2.24, 2.45) is 0 Å². The Hall–Kier alpha value is -4.38. The van der Waals surface area contributed by atoms with Crippen molar-refractivity contribution in [1.29, 1.82) is 0 Å². The monoisotopic (exact) mass is 578 g/mol. The van der Waals surface area contributed by atoms with Crippen LogP contribution in [0.3, 0.4) is 0 Å². The van der Waals surface area contributed by atoms with Gasteiger partial charge in [-0.1, -0.05) is 31.5 Å². The van der Waals surface area contributed by atoms with Crippen LogP contribution in [0.5, 0.6) is 11.5 Å². The highest BCUT2D eigenvalue weighted by molar-refractivity contribution is 6.34. The molecule has 1 fully saturated rings. The van der Waals surface area contributed by atoms with Gasteiger partial charge in [0, 0.05) is 37.4 Å². The van der Waals surface area contributed by atoms with Crippen LogP contribution in [0.2, 0.25) is 5.02 Å². The summed E-state index contributed by atoms with van der Waals surface area (Å²) in [6.45, 7) is 8.60. The van der Waals surface area contributed by atoms with Crippen molar-refractivity contribution in [2.75, 3.05) is 31.6 Å². The Kier molecular flexibility index (Phi) is 7.48. The van der Waals surface area contributed by atoms with Gasteiger partial charge < -0.3 is 24.7 Å². The molecule has 41 heavy (non-hydrogen) atoms. The maximum atomic E-state index is 14.0. The van der Waals surface area contributed by atoms with Gasteiger partial charge in [-0.25, -0.2) is 19.1 Å². The Bertz CT molecular complexity index is 1720. The second-order valence-electron chi connectivity index (χ2n) is 10.4. The molecule has 1 aliphatic rings. The van der Waals surface area contributed by atoms with Gasteiger partial charge in [0.05, 0.1) is 34.6 Å². The number of phenolic OH excluding ortho intramolecular Hbond substituents is 1. The fraction of sp³-hybridized carbons (Fsp3) is 0.345. The lowest BCUT2D eigenvalue weighted by Gasteiger charge is -2.39. The number of anilines is 1. The summed E-state index contributed by atoms with van der Waals surface area (Å²) >= 11 is 6.82. The van der Waals surface area contributed by atoms with Crippen molar-refractivity contribution in [3.63, 3.8) is 0 Å². The number of benzene rings is 1. The molecule has 11 nitrogen and oxygen atoms in total. The van der Waals surface area contributed by atoms with Gasteiger partial charge in [0.15, 0.2) is 17.1 Å². The van der Waals surface area contributed by atoms with Gasteiger partial charge in [0.25, 0.3) is 0 Å². The number of aryl methyl sites for hydroxylation is 1. The van der Waals surface area contributed by atoms with E-state index in [9.17, 15) is 19.8 Å². The minimum absolute atomic E-state index is 0.00940. The first kappa shape index (κ1) is 28.2. The molecule has 0 radical (unpaired) electrons. The zero-order valence-electron chi connectivity index (χ0n) is 23.4. The van der Waals surface area contributed by atoms with E-state index in [1.807, 2.05) is 38.7 Å². The predicted octanol–water partition coefficient (Wildman–Crippen LogP) is 4.83. The summed E-state index contributed by atoms with van der Waals surface area (Å²) in [6.07, 6.45) is 0.710. The minimum Gasteiger partial charge on any atom is -0.504 e. The minimum atomic E-state index is -0.995. The third-order valence-corrected chi connectivity index (χ3v) is 7.66. The third kappa shape index (κ3) is 4.90. The topological polar surface area (TPSA) is 134 Å². The number of fused-ring (bicyclic) bond motifs is 1. The van der Waals surface area contributed by atoms with E-state index in [1.165, 1.54) is 16.6 Å². The van der Waals surface area contributed by atoms with E-state index in [2.05, 4.69) is 9.97 Å². The SMILES string of the molecule is COc1cccc(-c2nc3c(cc2Cl)c(N2CCN(C(=O)O)CC2C)nc(=O)n3-c2c(C)ccnc2C(C)C)c1O. The van der Waals surface area contributed by atoms with Crippen molar-refractivity contribution in [2.45, 2.75) is 39.7 Å². The standard InChI is InChI=1S/C29H31ClN6O5/c1-15(2)22-24(16(3)9-10-31-22)36-27-19(13-20(30)23(32-27)18-7-6-8-21(41-5)25(18)37)26(33-28(36)38)35-12-11-34(29(39)40)14-17(35)4/h6-10,13,15,17,37H,11-12,14H2,1-5H3,(H,39,40). The van der Waals surface area contributed by atoms with Gasteiger partial charge in [-0.15, -0.1) is 0 Å². The molecule has 0 spiro atoms. The summed E-state index contributed by atoms with van der Waals surface area (Å²) in [6, 6.07) is 8.26. The summed E-state index contributed by atoms with van der Waals surface area (Å²) in [4.78, 5) is 42.8. The molecule has 3 aromatic heterocycles. The van der Waals surface area contributed by atoms with Crippen molar-refractivity contribution in [3.8, 4) is 28.4 Å². The van der Waals surface area contributed by atoms with Crippen LogP contribution < -0.4 is 15.3 Å². The highest BCUT2D eigenvalue weighted by atomic mass is 35.5. The molecule has 1 aromatic carbocycles. The number of phenols is 1. The molecule has 4 heterocycles. The first-order chi connectivity index (χ1) is 19.5. The number of halogens is 1. The Morgan fingerprint density at radius 1 is 1.20 bits per heavy atom. The largest absolute Gasteiger partial charge is 0.504 e. The van der Waals surface area contributed by atoms with Crippen LogP contribution in [-0.2, 0) is 0 Å². The molecule has 12 heteroatoms. The Morgan fingerprint density at radius 3 is 2.61 bits per heavy atom. The van der Waals surface area contributed by atoms with Gasteiger partial charge >= 0.3 is 11.8 Å². The number of hydrogen-bond donors (Lipinski definition) is 2. The van der Waals surface area contributed by atoms with Crippen molar-refractivity contribution in [3.05, 3.63) is 63.3 Å². The molecule has 5 rings (SSSR count).